The van der Waals surface area contributed by atoms with Crippen LogP contribution in [0.4, 0.5) is 5.82 Å². The van der Waals surface area contributed by atoms with Crippen molar-refractivity contribution in [1.29, 1.82) is 0 Å². The van der Waals surface area contributed by atoms with E-state index >= 15 is 0 Å². The van der Waals surface area contributed by atoms with E-state index < -0.39 is 0 Å². The maximum atomic E-state index is 13.3. The smallest absolute Gasteiger partial charge is 0.227 e. The molecule has 0 saturated carbocycles. The molecule has 0 radical (unpaired) electrons. The molecule has 1 atom stereocenters. The van der Waals surface area contributed by atoms with Crippen molar-refractivity contribution in [2.75, 3.05) is 31.1 Å². The lowest BCUT2D eigenvalue weighted by atomic mass is 9.89. The highest BCUT2D eigenvalue weighted by atomic mass is 32.1. The van der Waals surface area contributed by atoms with E-state index in [0.717, 1.165) is 64.1 Å². The Hall–Kier alpha value is -2.40. The second kappa shape index (κ2) is 8.99. The molecule has 2 aliphatic heterocycles. The minimum atomic E-state index is 0.0937. The number of thiophene rings is 1. The Morgan fingerprint density at radius 3 is 2.71 bits per heavy atom. The van der Waals surface area contributed by atoms with Gasteiger partial charge in [-0.2, -0.15) is 0 Å². The summed E-state index contributed by atoms with van der Waals surface area (Å²) in [5.41, 5.74) is 1.42. The summed E-state index contributed by atoms with van der Waals surface area (Å²) in [4.78, 5) is 23.9. The van der Waals surface area contributed by atoms with Gasteiger partial charge in [-0.15, -0.1) is 11.3 Å². The summed E-state index contributed by atoms with van der Waals surface area (Å²) in [7, 11) is 0. The fourth-order valence-electron chi connectivity index (χ4n) is 5.26. The molecule has 0 spiro atoms. The number of piperidine rings is 2. The number of hydrogen-bond donors (Lipinski definition) is 0. The predicted octanol–water partition coefficient (Wildman–Crippen LogP) is 5.30. The zero-order valence-electron chi connectivity index (χ0n) is 18.3. The number of aryl methyl sites for hydroxylation is 1. The molecule has 1 amide bonds. The molecule has 0 aliphatic carbocycles. The first-order valence-electron chi connectivity index (χ1n) is 11.6. The van der Waals surface area contributed by atoms with Crippen LogP contribution in [0.5, 0.6) is 0 Å². The van der Waals surface area contributed by atoms with Crippen molar-refractivity contribution in [1.82, 2.24) is 9.88 Å². The van der Waals surface area contributed by atoms with Crippen LogP contribution in [0.3, 0.4) is 0 Å². The molecule has 0 bridgehead atoms. The minimum absolute atomic E-state index is 0.0937. The molecular formula is C26H31N3OS. The predicted molar refractivity (Wildman–Crippen MR) is 129 cm³/mol. The molecule has 0 N–H and O–H groups in total. The zero-order chi connectivity index (χ0) is 21.2. The van der Waals surface area contributed by atoms with Gasteiger partial charge in [0, 0.05) is 47.3 Å². The van der Waals surface area contributed by atoms with Crippen LogP contribution in [0.2, 0.25) is 0 Å². The van der Waals surface area contributed by atoms with E-state index in [1.54, 1.807) is 0 Å². The third-order valence-electron chi connectivity index (χ3n) is 6.91. The van der Waals surface area contributed by atoms with Crippen LogP contribution in [0.1, 0.15) is 36.1 Å². The highest BCUT2D eigenvalue weighted by Gasteiger charge is 2.32. The van der Waals surface area contributed by atoms with Crippen LogP contribution >= 0.6 is 11.3 Å². The Kier molecular flexibility index (Phi) is 5.95. The van der Waals surface area contributed by atoms with Crippen molar-refractivity contribution in [3.8, 4) is 0 Å². The second-order valence-corrected chi connectivity index (χ2v) is 10.4. The SMILES string of the molecule is Cc1cc2c(N3CCC[C@H](C(=O)N4CCC(Cc5ccccc5)CC4)C3)nccc2s1. The van der Waals surface area contributed by atoms with Gasteiger partial charge in [0.2, 0.25) is 5.91 Å². The number of amides is 1. The third-order valence-corrected chi connectivity index (χ3v) is 7.93. The number of pyridine rings is 1. The number of nitrogens with zero attached hydrogens (tertiary/aromatic N) is 3. The van der Waals surface area contributed by atoms with Gasteiger partial charge in [-0.3, -0.25) is 4.79 Å². The second-order valence-electron chi connectivity index (χ2n) is 9.15. The average molecular weight is 434 g/mol. The number of carbonyl (C=O) groups excluding carboxylic acids is 1. The molecule has 2 aliphatic rings. The Labute approximate surface area is 188 Å². The summed E-state index contributed by atoms with van der Waals surface area (Å²) in [5, 5.41) is 1.24. The topological polar surface area (TPSA) is 36.4 Å². The number of likely N-dealkylation sites (tertiary alicyclic amines) is 1. The van der Waals surface area contributed by atoms with Crippen molar-refractivity contribution < 1.29 is 4.79 Å². The summed E-state index contributed by atoms with van der Waals surface area (Å²) < 4.78 is 1.29. The number of aromatic nitrogens is 1. The quantitative estimate of drug-likeness (QED) is 0.560. The van der Waals surface area contributed by atoms with Crippen LogP contribution in [0, 0.1) is 18.8 Å². The number of hydrogen-bond acceptors (Lipinski definition) is 4. The Morgan fingerprint density at radius 1 is 1.10 bits per heavy atom. The number of carbonyl (C=O) groups is 1. The van der Waals surface area contributed by atoms with Crippen LogP contribution in [0.25, 0.3) is 10.1 Å². The molecular weight excluding hydrogens is 402 g/mol. The summed E-state index contributed by atoms with van der Waals surface area (Å²) in [6.07, 6.45) is 7.34. The molecule has 0 unspecified atom stereocenters. The third kappa shape index (κ3) is 4.47. The lowest BCUT2D eigenvalue weighted by molar-refractivity contribution is -0.137. The van der Waals surface area contributed by atoms with Crippen molar-refractivity contribution in [3.05, 3.63) is 59.1 Å². The van der Waals surface area contributed by atoms with Gasteiger partial charge < -0.3 is 9.80 Å². The fourth-order valence-corrected chi connectivity index (χ4v) is 6.17. The fraction of sp³-hybridized carbons (Fsp3) is 0.462. The average Bonchev–Trinajstić information content (AvgIpc) is 3.20. The van der Waals surface area contributed by atoms with Gasteiger partial charge in [-0.05, 0) is 62.6 Å². The van der Waals surface area contributed by atoms with Crippen molar-refractivity contribution in [2.45, 2.75) is 39.0 Å². The number of fused-ring (bicyclic) bond motifs is 1. The Bertz CT molecular complexity index is 1040. The van der Waals surface area contributed by atoms with E-state index in [9.17, 15) is 4.79 Å². The summed E-state index contributed by atoms with van der Waals surface area (Å²) in [6.45, 7) is 5.75. The lowest BCUT2D eigenvalue weighted by Crippen LogP contribution is -2.47. The van der Waals surface area contributed by atoms with Gasteiger partial charge in [-0.25, -0.2) is 4.98 Å². The molecule has 1 aromatic carbocycles. The first kappa shape index (κ1) is 20.5. The molecule has 2 fully saturated rings. The Morgan fingerprint density at radius 2 is 1.90 bits per heavy atom. The molecule has 31 heavy (non-hydrogen) atoms. The largest absolute Gasteiger partial charge is 0.355 e. The normalized spacial score (nSPS) is 20.4. The van der Waals surface area contributed by atoms with Gasteiger partial charge >= 0.3 is 0 Å². The van der Waals surface area contributed by atoms with E-state index in [1.165, 1.54) is 20.5 Å². The maximum Gasteiger partial charge on any atom is 0.227 e. The first-order chi connectivity index (χ1) is 15.2. The van der Waals surface area contributed by atoms with Gasteiger partial charge in [0.25, 0.3) is 0 Å². The summed E-state index contributed by atoms with van der Waals surface area (Å²) in [5.74, 6) is 2.20. The van der Waals surface area contributed by atoms with E-state index in [4.69, 9.17) is 4.98 Å². The molecule has 4 heterocycles. The summed E-state index contributed by atoms with van der Waals surface area (Å²) >= 11 is 1.82. The molecule has 2 aromatic heterocycles. The molecule has 3 aromatic rings. The van der Waals surface area contributed by atoms with E-state index in [0.29, 0.717) is 11.8 Å². The van der Waals surface area contributed by atoms with Crippen LogP contribution < -0.4 is 4.90 Å². The van der Waals surface area contributed by atoms with Gasteiger partial charge in [0.05, 0.1) is 5.92 Å². The molecule has 5 rings (SSSR count). The number of benzene rings is 1. The maximum absolute atomic E-state index is 13.3. The number of anilines is 1. The minimum Gasteiger partial charge on any atom is -0.355 e. The lowest BCUT2D eigenvalue weighted by Gasteiger charge is -2.38. The van der Waals surface area contributed by atoms with Crippen molar-refractivity contribution in [2.24, 2.45) is 11.8 Å². The molecule has 4 nitrogen and oxygen atoms in total. The van der Waals surface area contributed by atoms with Gasteiger partial charge in [0.15, 0.2) is 0 Å². The van der Waals surface area contributed by atoms with Gasteiger partial charge in [0.1, 0.15) is 5.82 Å². The van der Waals surface area contributed by atoms with Crippen molar-refractivity contribution >= 4 is 33.1 Å². The van der Waals surface area contributed by atoms with Crippen LogP contribution in [-0.4, -0.2) is 42.0 Å². The number of rotatable bonds is 4. The van der Waals surface area contributed by atoms with Crippen LogP contribution in [0.15, 0.2) is 48.7 Å². The highest BCUT2D eigenvalue weighted by molar-refractivity contribution is 7.19. The highest BCUT2D eigenvalue weighted by Crippen LogP contribution is 2.34. The first-order valence-corrected chi connectivity index (χ1v) is 12.4. The molecule has 5 heteroatoms. The summed E-state index contributed by atoms with van der Waals surface area (Å²) in [6, 6.07) is 15.1. The monoisotopic (exact) mass is 433 g/mol. The Balaban J connectivity index is 1.21. The van der Waals surface area contributed by atoms with E-state index in [2.05, 4.69) is 59.2 Å². The zero-order valence-corrected chi connectivity index (χ0v) is 19.1. The van der Waals surface area contributed by atoms with E-state index in [-0.39, 0.29) is 5.92 Å². The molecule has 162 valence electrons. The van der Waals surface area contributed by atoms with Crippen LogP contribution in [-0.2, 0) is 11.2 Å². The van der Waals surface area contributed by atoms with Gasteiger partial charge in [-0.1, -0.05) is 30.3 Å². The standard InChI is InChI=1S/C26H31N3OS/c1-19-16-23-24(31-19)9-12-27-25(23)29-13-5-8-22(18-29)26(30)28-14-10-21(11-15-28)17-20-6-3-2-4-7-20/h2-4,6-7,9,12,16,21-22H,5,8,10-11,13-15,17-18H2,1H3/t22-/m0/s1. The van der Waals surface area contributed by atoms with Crippen molar-refractivity contribution in [3.63, 3.8) is 0 Å². The molecule has 2 saturated heterocycles. The van der Waals surface area contributed by atoms with E-state index in [1.807, 2.05) is 17.5 Å².